The van der Waals surface area contributed by atoms with Gasteiger partial charge in [-0.2, -0.15) is 0 Å². The molecule has 1 N–H and O–H groups in total. The normalized spacial score (nSPS) is 13.8. The number of benzene rings is 1. The van der Waals surface area contributed by atoms with Crippen molar-refractivity contribution in [1.29, 1.82) is 0 Å². The number of rotatable bonds is 6. The van der Waals surface area contributed by atoms with Crippen molar-refractivity contribution >= 4 is 11.6 Å². The van der Waals surface area contributed by atoms with Gasteiger partial charge in [0.25, 0.3) is 5.91 Å². The fourth-order valence-electron chi connectivity index (χ4n) is 2.95. The van der Waals surface area contributed by atoms with Crippen molar-refractivity contribution in [3.8, 4) is 5.75 Å². The van der Waals surface area contributed by atoms with Crippen molar-refractivity contribution in [3.63, 3.8) is 0 Å². The summed E-state index contributed by atoms with van der Waals surface area (Å²) in [6, 6.07) is 11.7. The number of pyridine rings is 1. The van der Waals surface area contributed by atoms with E-state index in [1.165, 1.54) is 12.8 Å². The number of hydrogen-bond acceptors (Lipinski definition) is 4. The smallest absolute Gasteiger partial charge is 0.269 e. The number of nitrogens with zero attached hydrogens (tertiary/aromatic N) is 2. The highest BCUT2D eigenvalue weighted by molar-refractivity contribution is 5.93. The van der Waals surface area contributed by atoms with Crippen molar-refractivity contribution in [2.75, 3.05) is 31.6 Å². The number of amides is 1. The number of ether oxygens (including phenoxy) is 1. The highest BCUT2D eigenvalue weighted by atomic mass is 16.5. The minimum absolute atomic E-state index is 0.126. The molecule has 24 heavy (non-hydrogen) atoms. The molecular weight excluding hydrogens is 302 g/mol. The van der Waals surface area contributed by atoms with Crippen LogP contribution in [0.4, 0.5) is 5.69 Å². The van der Waals surface area contributed by atoms with Gasteiger partial charge in [0.1, 0.15) is 11.4 Å². The minimum atomic E-state index is -0.126. The van der Waals surface area contributed by atoms with Gasteiger partial charge in [-0.1, -0.05) is 12.1 Å². The van der Waals surface area contributed by atoms with Crippen LogP contribution in [-0.2, 0) is 6.42 Å². The molecule has 0 saturated carbocycles. The van der Waals surface area contributed by atoms with Gasteiger partial charge in [0.05, 0.1) is 7.11 Å². The molecule has 1 aromatic heterocycles. The lowest BCUT2D eigenvalue weighted by Gasteiger charge is -2.17. The van der Waals surface area contributed by atoms with Crippen molar-refractivity contribution < 1.29 is 9.53 Å². The zero-order chi connectivity index (χ0) is 16.8. The van der Waals surface area contributed by atoms with Crippen LogP contribution in [0.5, 0.6) is 5.75 Å². The molecule has 3 rings (SSSR count). The Bertz CT molecular complexity index is 697. The van der Waals surface area contributed by atoms with Gasteiger partial charge in [0.15, 0.2) is 0 Å². The van der Waals surface area contributed by atoms with Crippen LogP contribution in [0.25, 0.3) is 0 Å². The van der Waals surface area contributed by atoms with E-state index in [1.54, 1.807) is 13.3 Å². The molecule has 0 spiro atoms. The standard InChI is InChI=1S/C19H23N3O2/c1-24-17-6-4-5-15(13-17)7-9-21-19(23)18-14-16(8-10-20-18)22-11-2-3-12-22/h4-6,8,10,13-14H,2-3,7,9,11-12H2,1H3,(H,21,23). The van der Waals surface area contributed by atoms with Crippen LogP contribution in [0.2, 0.25) is 0 Å². The molecule has 0 aliphatic carbocycles. The van der Waals surface area contributed by atoms with Gasteiger partial charge in [-0.15, -0.1) is 0 Å². The van der Waals surface area contributed by atoms with E-state index in [4.69, 9.17) is 4.74 Å². The Kier molecular flexibility index (Phi) is 5.31. The van der Waals surface area contributed by atoms with Crippen molar-refractivity contribution in [2.24, 2.45) is 0 Å². The number of carbonyl (C=O) groups is 1. The fraction of sp³-hybridized carbons (Fsp3) is 0.368. The molecule has 1 fully saturated rings. The van der Waals surface area contributed by atoms with Crippen molar-refractivity contribution in [3.05, 3.63) is 53.9 Å². The second-order valence-electron chi connectivity index (χ2n) is 5.95. The monoisotopic (exact) mass is 325 g/mol. The number of nitrogens with one attached hydrogen (secondary N) is 1. The molecule has 2 aromatic rings. The highest BCUT2D eigenvalue weighted by Crippen LogP contribution is 2.20. The summed E-state index contributed by atoms with van der Waals surface area (Å²) in [6.07, 6.45) is 4.90. The largest absolute Gasteiger partial charge is 0.497 e. The highest BCUT2D eigenvalue weighted by Gasteiger charge is 2.14. The molecular formula is C19H23N3O2. The van der Waals surface area contributed by atoms with Gasteiger partial charge in [-0.25, -0.2) is 0 Å². The Morgan fingerprint density at radius 1 is 1.25 bits per heavy atom. The molecule has 1 aromatic carbocycles. The summed E-state index contributed by atoms with van der Waals surface area (Å²) in [5.41, 5.74) is 2.69. The van der Waals surface area contributed by atoms with E-state index in [2.05, 4.69) is 15.2 Å². The Morgan fingerprint density at radius 2 is 2.08 bits per heavy atom. The maximum atomic E-state index is 12.3. The van der Waals surface area contributed by atoms with E-state index in [0.29, 0.717) is 12.2 Å². The van der Waals surface area contributed by atoms with Crippen LogP contribution in [-0.4, -0.2) is 37.6 Å². The molecule has 0 radical (unpaired) electrons. The van der Waals surface area contributed by atoms with Crippen LogP contribution in [0.3, 0.4) is 0 Å². The van der Waals surface area contributed by atoms with Crippen LogP contribution in [0, 0.1) is 0 Å². The van der Waals surface area contributed by atoms with E-state index in [1.807, 2.05) is 36.4 Å². The average Bonchev–Trinajstić information content (AvgIpc) is 3.17. The number of anilines is 1. The number of methoxy groups -OCH3 is 1. The lowest BCUT2D eigenvalue weighted by atomic mass is 10.1. The zero-order valence-corrected chi connectivity index (χ0v) is 14.0. The Morgan fingerprint density at radius 3 is 2.88 bits per heavy atom. The first-order chi connectivity index (χ1) is 11.8. The van der Waals surface area contributed by atoms with Crippen LogP contribution in [0.15, 0.2) is 42.6 Å². The molecule has 0 unspecified atom stereocenters. The van der Waals surface area contributed by atoms with Crippen LogP contribution < -0.4 is 15.0 Å². The summed E-state index contributed by atoms with van der Waals surface area (Å²) in [5, 5.41) is 2.94. The van der Waals surface area contributed by atoms with Gasteiger partial charge in [-0.05, 0) is 49.1 Å². The maximum absolute atomic E-state index is 12.3. The second kappa shape index (κ2) is 7.81. The summed E-state index contributed by atoms with van der Waals surface area (Å²) in [6.45, 7) is 2.68. The molecule has 0 bridgehead atoms. The van der Waals surface area contributed by atoms with Crippen LogP contribution >= 0.6 is 0 Å². The molecule has 0 atom stereocenters. The first-order valence-corrected chi connectivity index (χ1v) is 8.38. The van der Waals surface area contributed by atoms with E-state index in [0.717, 1.165) is 36.5 Å². The molecule has 1 amide bonds. The molecule has 1 saturated heterocycles. The third-order valence-corrected chi connectivity index (χ3v) is 4.28. The van der Waals surface area contributed by atoms with Gasteiger partial charge in [-0.3, -0.25) is 9.78 Å². The second-order valence-corrected chi connectivity index (χ2v) is 5.95. The number of hydrogen-bond donors (Lipinski definition) is 1. The minimum Gasteiger partial charge on any atom is -0.497 e. The van der Waals surface area contributed by atoms with Gasteiger partial charge < -0.3 is 15.0 Å². The Balaban J connectivity index is 1.55. The summed E-state index contributed by atoms with van der Waals surface area (Å²) in [7, 11) is 1.65. The van der Waals surface area contributed by atoms with Gasteiger partial charge >= 0.3 is 0 Å². The molecule has 1 aliphatic heterocycles. The third-order valence-electron chi connectivity index (χ3n) is 4.28. The predicted octanol–water partition coefficient (Wildman–Crippen LogP) is 2.66. The molecule has 2 heterocycles. The number of aromatic nitrogens is 1. The molecule has 5 nitrogen and oxygen atoms in total. The maximum Gasteiger partial charge on any atom is 0.269 e. The lowest BCUT2D eigenvalue weighted by Crippen LogP contribution is -2.27. The summed E-state index contributed by atoms with van der Waals surface area (Å²) < 4.78 is 5.21. The number of carbonyl (C=O) groups excluding carboxylic acids is 1. The summed E-state index contributed by atoms with van der Waals surface area (Å²) in [5.74, 6) is 0.706. The SMILES string of the molecule is COc1cccc(CCNC(=O)c2cc(N3CCCC3)ccn2)c1. The van der Waals surface area contributed by atoms with Crippen molar-refractivity contribution in [1.82, 2.24) is 10.3 Å². The van der Waals surface area contributed by atoms with E-state index in [-0.39, 0.29) is 5.91 Å². The van der Waals surface area contributed by atoms with Crippen molar-refractivity contribution in [2.45, 2.75) is 19.3 Å². The Hall–Kier alpha value is -2.56. The zero-order valence-electron chi connectivity index (χ0n) is 14.0. The van der Waals surface area contributed by atoms with E-state index >= 15 is 0 Å². The average molecular weight is 325 g/mol. The first-order valence-electron chi connectivity index (χ1n) is 8.38. The summed E-state index contributed by atoms with van der Waals surface area (Å²) >= 11 is 0. The quantitative estimate of drug-likeness (QED) is 0.887. The Labute approximate surface area is 142 Å². The molecule has 5 heteroatoms. The molecule has 126 valence electrons. The van der Waals surface area contributed by atoms with E-state index < -0.39 is 0 Å². The molecule has 1 aliphatic rings. The van der Waals surface area contributed by atoms with Crippen LogP contribution in [0.1, 0.15) is 28.9 Å². The van der Waals surface area contributed by atoms with Gasteiger partial charge in [0.2, 0.25) is 0 Å². The topological polar surface area (TPSA) is 54.5 Å². The lowest BCUT2D eigenvalue weighted by molar-refractivity contribution is 0.0949. The van der Waals surface area contributed by atoms with E-state index in [9.17, 15) is 4.79 Å². The summed E-state index contributed by atoms with van der Waals surface area (Å²) in [4.78, 5) is 18.8. The third kappa shape index (κ3) is 4.04. The predicted molar refractivity (Wildman–Crippen MR) is 94.7 cm³/mol. The fourth-order valence-corrected chi connectivity index (χ4v) is 2.95. The van der Waals surface area contributed by atoms with Gasteiger partial charge in [0, 0.05) is 31.5 Å². The first kappa shape index (κ1) is 16.3.